The first-order valence-corrected chi connectivity index (χ1v) is 4.84. The summed E-state index contributed by atoms with van der Waals surface area (Å²) in [5, 5.41) is 11.4. The van der Waals surface area contributed by atoms with Crippen LogP contribution in [0.15, 0.2) is 24.3 Å². The molecule has 0 aliphatic carbocycles. The second-order valence-corrected chi connectivity index (χ2v) is 3.46. The highest BCUT2D eigenvalue weighted by Gasteiger charge is 2.10. The standard InChI is InChI=1S/C11H14N2O3/c1-7(14)8-3-2-4-9(5-8)13-6-10(12)11(15)16/h2-5,10,13H,6,12H2,1H3,(H,15,16). The molecule has 0 spiro atoms. The third kappa shape index (κ3) is 3.36. The summed E-state index contributed by atoms with van der Waals surface area (Å²) in [4.78, 5) is 21.6. The Morgan fingerprint density at radius 2 is 2.19 bits per heavy atom. The Bertz CT molecular complexity index is 404. The van der Waals surface area contributed by atoms with Crippen LogP contribution in [0.2, 0.25) is 0 Å². The van der Waals surface area contributed by atoms with Crippen LogP contribution < -0.4 is 11.1 Å². The van der Waals surface area contributed by atoms with E-state index < -0.39 is 12.0 Å². The van der Waals surface area contributed by atoms with Crippen LogP contribution in [0.1, 0.15) is 17.3 Å². The fraction of sp³-hybridized carbons (Fsp3) is 0.273. The lowest BCUT2D eigenvalue weighted by Crippen LogP contribution is -2.36. The SMILES string of the molecule is CC(=O)c1cccc(NCC(N)C(=O)O)c1. The summed E-state index contributed by atoms with van der Waals surface area (Å²) >= 11 is 0. The smallest absolute Gasteiger partial charge is 0.322 e. The minimum absolute atomic E-state index is 0.0359. The first-order chi connectivity index (χ1) is 7.50. The van der Waals surface area contributed by atoms with Crippen molar-refractivity contribution in [3.8, 4) is 0 Å². The van der Waals surface area contributed by atoms with Gasteiger partial charge in [0.05, 0.1) is 0 Å². The first-order valence-electron chi connectivity index (χ1n) is 4.84. The lowest BCUT2D eigenvalue weighted by molar-refractivity contribution is -0.138. The quantitative estimate of drug-likeness (QED) is 0.638. The van der Waals surface area contributed by atoms with E-state index in [1.54, 1.807) is 24.3 Å². The molecule has 1 rings (SSSR count). The average Bonchev–Trinajstić information content (AvgIpc) is 2.26. The Balaban J connectivity index is 2.64. The number of aliphatic carboxylic acids is 1. The summed E-state index contributed by atoms with van der Waals surface area (Å²) in [6, 6.07) is 5.88. The van der Waals surface area contributed by atoms with Crippen LogP contribution in [0.25, 0.3) is 0 Å². The number of rotatable bonds is 5. The summed E-state index contributed by atoms with van der Waals surface area (Å²) in [5.41, 5.74) is 6.60. The number of hydrogen-bond acceptors (Lipinski definition) is 4. The number of carboxylic acids is 1. The molecule has 5 nitrogen and oxygen atoms in total. The van der Waals surface area contributed by atoms with E-state index in [0.29, 0.717) is 11.3 Å². The van der Waals surface area contributed by atoms with E-state index >= 15 is 0 Å². The summed E-state index contributed by atoms with van der Waals surface area (Å²) in [6.45, 7) is 1.60. The van der Waals surface area contributed by atoms with Gasteiger partial charge in [-0.05, 0) is 19.1 Å². The van der Waals surface area contributed by atoms with E-state index in [0.717, 1.165) is 0 Å². The molecule has 0 bridgehead atoms. The van der Waals surface area contributed by atoms with E-state index in [4.69, 9.17) is 10.8 Å². The fourth-order valence-corrected chi connectivity index (χ4v) is 1.16. The molecule has 0 radical (unpaired) electrons. The van der Waals surface area contributed by atoms with Crippen molar-refractivity contribution in [2.24, 2.45) is 5.73 Å². The minimum Gasteiger partial charge on any atom is -0.480 e. The Morgan fingerprint density at radius 3 is 2.75 bits per heavy atom. The molecule has 0 heterocycles. The van der Waals surface area contributed by atoms with E-state index in [-0.39, 0.29) is 12.3 Å². The van der Waals surface area contributed by atoms with Gasteiger partial charge >= 0.3 is 5.97 Å². The van der Waals surface area contributed by atoms with Crippen molar-refractivity contribution in [3.05, 3.63) is 29.8 Å². The Labute approximate surface area is 93.3 Å². The summed E-state index contributed by atoms with van der Waals surface area (Å²) < 4.78 is 0. The number of hydrogen-bond donors (Lipinski definition) is 3. The molecular weight excluding hydrogens is 208 g/mol. The molecule has 1 aromatic carbocycles. The maximum absolute atomic E-state index is 11.1. The van der Waals surface area contributed by atoms with Crippen LogP contribution >= 0.6 is 0 Å². The molecule has 0 saturated heterocycles. The number of ketones is 1. The van der Waals surface area contributed by atoms with Crippen molar-refractivity contribution >= 4 is 17.4 Å². The van der Waals surface area contributed by atoms with Crippen LogP contribution in [0.3, 0.4) is 0 Å². The molecule has 5 heteroatoms. The average molecular weight is 222 g/mol. The number of carbonyl (C=O) groups is 2. The zero-order valence-corrected chi connectivity index (χ0v) is 8.93. The fourth-order valence-electron chi connectivity index (χ4n) is 1.16. The van der Waals surface area contributed by atoms with Crippen molar-refractivity contribution in [1.82, 2.24) is 0 Å². The van der Waals surface area contributed by atoms with Crippen LogP contribution in [0.5, 0.6) is 0 Å². The van der Waals surface area contributed by atoms with Gasteiger partial charge in [-0.3, -0.25) is 9.59 Å². The monoisotopic (exact) mass is 222 g/mol. The molecule has 1 aromatic rings. The molecule has 0 fully saturated rings. The van der Waals surface area contributed by atoms with E-state index in [1.807, 2.05) is 0 Å². The lowest BCUT2D eigenvalue weighted by atomic mass is 10.1. The Hall–Kier alpha value is -1.88. The molecule has 1 unspecified atom stereocenters. The van der Waals surface area contributed by atoms with Crippen molar-refractivity contribution < 1.29 is 14.7 Å². The van der Waals surface area contributed by atoms with Crippen LogP contribution in [-0.4, -0.2) is 29.4 Å². The number of benzene rings is 1. The summed E-state index contributed by atoms with van der Waals surface area (Å²) in [6.07, 6.45) is 0. The molecule has 0 aliphatic rings. The van der Waals surface area contributed by atoms with Crippen molar-refractivity contribution in [3.63, 3.8) is 0 Å². The first kappa shape index (κ1) is 12.2. The highest BCUT2D eigenvalue weighted by Crippen LogP contribution is 2.10. The van der Waals surface area contributed by atoms with Crippen molar-refractivity contribution in [2.45, 2.75) is 13.0 Å². The number of Topliss-reactive ketones (excluding diaryl/α,β-unsaturated/α-hetero) is 1. The van der Waals surface area contributed by atoms with Gasteiger partial charge in [-0.15, -0.1) is 0 Å². The van der Waals surface area contributed by atoms with Crippen LogP contribution in [0.4, 0.5) is 5.69 Å². The normalized spacial score (nSPS) is 11.9. The van der Waals surface area contributed by atoms with Gasteiger partial charge in [0, 0.05) is 17.8 Å². The number of anilines is 1. The topological polar surface area (TPSA) is 92.4 Å². The van der Waals surface area contributed by atoms with E-state index in [9.17, 15) is 9.59 Å². The minimum atomic E-state index is -1.06. The molecule has 4 N–H and O–H groups in total. The largest absolute Gasteiger partial charge is 0.480 e. The van der Waals surface area contributed by atoms with E-state index in [1.165, 1.54) is 6.92 Å². The van der Waals surface area contributed by atoms with Gasteiger partial charge in [0.1, 0.15) is 6.04 Å². The third-order valence-corrected chi connectivity index (χ3v) is 2.11. The predicted octanol–water partition coefficient (Wildman–Crippen LogP) is 0.713. The molecule has 1 atom stereocenters. The molecule has 86 valence electrons. The highest BCUT2D eigenvalue weighted by atomic mass is 16.4. The van der Waals surface area contributed by atoms with Gasteiger partial charge in [0.2, 0.25) is 0 Å². The molecule has 0 amide bonds. The zero-order chi connectivity index (χ0) is 12.1. The maximum Gasteiger partial charge on any atom is 0.322 e. The summed E-state index contributed by atoms with van der Waals surface area (Å²) in [7, 11) is 0. The molecular formula is C11H14N2O3. The molecule has 0 saturated carbocycles. The highest BCUT2D eigenvalue weighted by molar-refractivity contribution is 5.94. The number of nitrogens with two attached hydrogens (primary N) is 1. The number of carbonyl (C=O) groups excluding carboxylic acids is 1. The molecule has 0 aromatic heterocycles. The third-order valence-electron chi connectivity index (χ3n) is 2.11. The van der Waals surface area contributed by atoms with E-state index in [2.05, 4.69) is 5.32 Å². The van der Waals surface area contributed by atoms with Gasteiger partial charge in [-0.1, -0.05) is 12.1 Å². The Morgan fingerprint density at radius 1 is 1.50 bits per heavy atom. The van der Waals surface area contributed by atoms with Gasteiger partial charge in [-0.25, -0.2) is 0 Å². The van der Waals surface area contributed by atoms with Gasteiger partial charge in [-0.2, -0.15) is 0 Å². The van der Waals surface area contributed by atoms with Crippen molar-refractivity contribution in [1.29, 1.82) is 0 Å². The van der Waals surface area contributed by atoms with Crippen LogP contribution in [-0.2, 0) is 4.79 Å². The molecule has 16 heavy (non-hydrogen) atoms. The van der Waals surface area contributed by atoms with Crippen LogP contribution in [0, 0.1) is 0 Å². The summed E-state index contributed by atoms with van der Waals surface area (Å²) in [5.74, 6) is -1.10. The zero-order valence-electron chi connectivity index (χ0n) is 8.93. The maximum atomic E-state index is 11.1. The lowest BCUT2D eigenvalue weighted by Gasteiger charge is -2.10. The second-order valence-electron chi connectivity index (χ2n) is 3.46. The van der Waals surface area contributed by atoms with Crippen molar-refractivity contribution in [2.75, 3.05) is 11.9 Å². The number of nitrogens with one attached hydrogen (secondary N) is 1. The van der Waals surface area contributed by atoms with Gasteiger partial charge in [0.15, 0.2) is 5.78 Å². The Kier molecular flexibility index (Phi) is 4.02. The van der Waals surface area contributed by atoms with Gasteiger partial charge in [0.25, 0.3) is 0 Å². The predicted molar refractivity (Wildman–Crippen MR) is 60.5 cm³/mol. The number of carboxylic acid groups (broad SMARTS) is 1. The van der Waals surface area contributed by atoms with Gasteiger partial charge < -0.3 is 16.2 Å². The second kappa shape index (κ2) is 5.27. The molecule has 0 aliphatic heterocycles.